The molecule has 24 heavy (non-hydrogen) atoms. The van der Waals surface area contributed by atoms with Gasteiger partial charge in [-0.05, 0) is 18.9 Å². The number of nitrogens with zero attached hydrogens (tertiary/aromatic N) is 5. The number of likely N-dealkylation sites (tertiary alicyclic amines) is 1. The van der Waals surface area contributed by atoms with Crippen LogP contribution < -0.4 is 5.32 Å². The molecule has 0 aliphatic carbocycles. The maximum atomic E-state index is 12.1. The van der Waals surface area contributed by atoms with Crippen LogP contribution in [-0.2, 0) is 13.6 Å². The fourth-order valence-electron chi connectivity index (χ4n) is 3.05. The molecule has 3 rings (SSSR count). The van der Waals surface area contributed by atoms with E-state index in [1.165, 1.54) is 0 Å². The van der Waals surface area contributed by atoms with Crippen LogP contribution in [0.3, 0.4) is 0 Å². The monoisotopic (exact) mass is 332 g/mol. The minimum atomic E-state index is -0.438. The number of aromatic nitrogens is 4. The number of rotatable bonds is 6. The highest BCUT2D eigenvalue weighted by Crippen LogP contribution is 2.12. The van der Waals surface area contributed by atoms with E-state index < -0.39 is 6.10 Å². The van der Waals surface area contributed by atoms with Crippen molar-refractivity contribution in [2.24, 2.45) is 7.05 Å². The summed E-state index contributed by atoms with van der Waals surface area (Å²) in [7, 11) is 1.80. The maximum absolute atomic E-state index is 12.1. The maximum Gasteiger partial charge on any atom is 0.254 e. The van der Waals surface area contributed by atoms with Crippen LogP contribution in [0.2, 0.25) is 0 Å². The van der Waals surface area contributed by atoms with E-state index in [9.17, 15) is 9.90 Å². The zero-order valence-electron chi connectivity index (χ0n) is 13.9. The third-order valence-electron chi connectivity index (χ3n) is 4.32. The summed E-state index contributed by atoms with van der Waals surface area (Å²) < 4.78 is 3.37. The molecule has 0 radical (unpaired) electrons. The molecule has 1 amide bonds. The van der Waals surface area contributed by atoms with Gasteiger partial charge < -0.3 is 15.3 Å². The molecule has 0 unspecified atom stereocenters. The van der Waals surface area contributed by atoms with Crippen molar-refractivity contribution >= 4 is 5.91 Å². The number of hydrogen-bond donors (Lipinski definition) is 2. The van der Waals surface area contributed by atoms with E-state index in [-0.39, 0.29) is 11.9 Å². The molecule has 130 valence electrons. The number of hydrogen-bond acceptors (Lipinski definition) is 5. The lowest BCUT2D eigenvalue weighted by molar-refractivity contribution is 0.0750. The van der Waals surface area contributed by atoms with Gasteiger partial charge in [-0.15, -0.1) is 0 Å². The summed E-state index contributed by atoms with van der Waals surface area (Å²) in [4.78, 5) is 14.4. The number of nitrogens with one attached hydrogen (secondary N) is 1. The van der Waals surface area contributed by atoms with Gasteiger partial charge in [0.1, 0.15) is 0 Å². The first-order valence-corrected chi connectivity index (χ1v) is 8.27. The molecule has 2 aromatic heterocycles. The second-order valence-electron chi connectivity index (χ2n) is 6.33. The van der Waals surface area contributed by atoms with Crippen molar-refractivity contribution in [1.29, 1.82) is 0 Å². The highest BCUT2D eigenvalue weighted by molar-refractivity contribution is 5.93. The summed E-state index contributed by atoms with van der Waals surface area (Å²) in [5.41, 5.74) is 0.592. The van der Waals surface area contributed by atoms with Crippen molar-refractivity contribution in [1.82, 2.24) is 29.8 Å². The molecule has 1 aliphatic heterocycles. The summed E-state index contributed by atoms with van der Waals surface area (Å²) in [5, 5.41) is 21.3. The number of aliphatic hydroxyl groups is 1. The first kappa shape index (κ1) is 16.7. The van der Waals surface area contributed by atoms with Crippen molar-refractivity contribution in [2.45, 2.75) is 31.5 Å². The Bertz CT molecular complexity index is 645. The van der Waals surface area contributed by atoms with E-state index in [0.29, 0.717) is 18.7 Å². The predicted molar refractivity (Wildman–Crippen MR) is 88.4 cm³/mol. The van der Waals surface area contributed by atoms with E-state index in [2.05, 4.69) is 20.4 Å². The minimum absolute atomic E-state index is 0.0692. The van der Waals surface area contributed by atoms with Crippen molar-refractivity contribution < 1.29 is 9.90 Å². The quantitative estimate of drug-likeness (QED) is 0.769. The third kappa shape index (κ3) is 4.42. The van der Waals surface area contributed by atoms with E-state index in [1.807, 2.05) is 12.3 Å². The Balaban J connectivity index is 1.40. The fourth-order valence-corrected chi connectivity index (χ4v) is 3.05. The highest BCUT2D eigenvalue weighted by Gasteiger charge is 2.23. The number of β-amino-alcohol motifs (C(OH)–C–C–N with tert-alkyl or cyclic N) is 1. The summed E-state index contributed by atoms with van der Waals surface area (Å²) in [5.74, 6) is -0.0692. The van der Waals surface area contributed by atoms with Crippen molar-refractivity contribution in [3.05, 3.63) is 36.4 Å². The van der Waals surface area contributed by atoms with Crippen LogP contribution >= 0.6 is 0 Å². The highest BCUT2D eigenvalue weighted by atomic mass is 16.3. The van der Waals surface area contributed by atoms with Gasteiger partial charge in [-0.25, -0.2) is 0 Å². The van der Waals surface area contributed by atoms with Gasteiger partial charge in [-0.3, -0.25) is 14.2 Å². The number of carbonyl (C=O) groups is 1. The molecule has 3 heterocycles. The van der Waals surface area contributed by atoms with Crippen LogP contribution in [0.4, 0.5) is 0 Å². The van der Waals surface area contributed by atoms with Gasteiger partial charge in [-0.1, -0.05) is 0 Å². The number of aliphatic hydroxyl groups excluding tert-OH is 1. The minimum Gasteiger partial charge on any atom is -0.390 e. The standard InChI is InChI=1S/C16H24N6O2/c1-20-10-13(9-18-20)16(24)19-14-3-7-21(8-4-14)11-15(23)12-22-6-2-5-17-22/h2,5-6,9-10,14-15,23H,3-4,7-8,11-12H2,1H3,(H,19,24)/t15-/m0/s1. The Morgan fingerprint density at radius 1 is 1.38 bits per heavy atom. The Hall–Kier alpha value is -2.19. The van der Waals surface area contributed by atoms with Crippen LogP contribution in [0.25, 0.3) is 0 Å². The number of aryl methyl sites for hydroxylation is 1. The molecule has 0 bridgehead atoms. The SMILES string of the molecule is Cn1cc(C(=O)NC2CCN(C[C@H](O)Cn3cccn3)CC2)cn1. The first-order valence-electron chi connectivity index (χ1n) is 8.27. The lowest BCUT2D eigenvalue weighted by Gasteiger charge is -2.33. The molecule has 8 heteroatoms. The molecule has 1 saturated heterocycles. The molecule has 0 saturated carbocycles. The summed E-state index contributed by atoms with van der Waals surface area (Å²) >= 11 is 0. The van der Waals surface area contributed by atoms with Crippen LogP contribution in [-0.4, -0.2) is 67.3 Å². The number of amides is 1. The van der Waals surface area contributed by atoms with Crippen molar-refractivity contribution in [2.75, 3.05) is 19.6 Å². The summed E-state index contributed by atoms with van der Waals surface area (Å²) in [6, 6.07) is 2.03. The largest absolute Gasteiger partial charge is 0.390 e. The zero-order chi connectivity index (χ0) is 16.9. The van der Waals surface area contributed by atoms with Crippen LogP contribution in [0.5, 0.6) is 0 Å². The van der Waals surface area contributed by atoms with Crippen LogP contribution in [0, 0.1) is 0 Å². The molecule has 2 aromatic rings. The molecular weight excluding hydrogens is 308 g/mol. The lowest BCUT2D eigenvalue weighted by Crippen LogP contribution is -2.46. The zero-order valence-corrected chi connectivity index (χ0v) is 13.9. The smallest absolute Gasteiger partial charge is 0.254 e. The molecule has 0 aromatic carbocycles. The van der Waals surface area contributed by atoms with Crippen molar-refractivity contribution in [3.63, 3.8) is 0 Å². The number of piperidine rings is 1. The third-order valence-corrected chi connectivity index (χ3v) is 4.32. The van der Waals surface area contributed by atoms with E-state index in [1.54, 1.807) is 35.0 Å². The molecule has 8 nitrogen and oxygen atoms in total. The van der Waals surface area contributed by atoms with E-state index >= 15 is 0 Å². The fraction of sp³-hybridized carbons (Fsp3) is 0.562. The average molecular weight is 332 g/mol. The van der Waals surface area contributed by atoms with Crippen molar-refractivity contribution in [3.8, 4) is 0 Å². The summed E-state index contributed by atoms with van der Waals surface area (Å²) in [6.45, 7) is 2.87. The van der Waals surface area contributed by atoms with Gasteiger partial charge in [0.25, 0.3) is 5.91 Å². The second kappa shape index (κ2) is 7.59. The molecule has 1 atom stereocenters. The Morgan fingerprint density at radius 3 is 2.79 bits per heavy atom. The van der Waals surface area contributed by atoms with Gasteiger partial charge in [-0.2, -0.15) is 10.2 Å². The lowest BCUT2D eigenvalue weighted by atomic mass is 10.0. The molecule has 0 spiro atoms. The normalized spacial score (nSPS) is 17.8. The molecule has 1 fully saturated rings. The predicted octanol–water partition coefficient (Wildman–Crippen LogP) is -0.128. The van der Waals surface area contributed by atoms with Gasteiger partial charge in [0.2, 0.25) is 0 Å². The molecular formula is C16H24N6O2. The first-order chi connectivity index (χ1) is 11.6. The van der Waals surface area contributed by atoms with E-state index in [0.717, 1.165) is 25.9 Å². The average Bonchev–Trinajstić information content (AvgIpc) is 3.21. The van der Waals surface area contributed by atoms with Crippen LogP contribution in [0.1, 0.15) is 23.2 Å². The van der Waals surface area contributed by atoms with E-state index in [4.69, 9.17) is 0 Å². The Kier molecular flexibility index (Phi) is 5.27. The van der Waals surface area contributed by atoms with Crippen LogP contribution in [0.15, 0.2) is 30.9 Å². The van der Waals surface area contributed by atoms with Gasteiger partial charge >= 0.3 is 0 Å². The number of carbonyl (C=O) groups excluding carboxylic acids is 1. The Morgan fingerprint density at radius 2 is 2.17 bits per heavy atom. The van der Waals surface area contributed by atoms with Gasteiger partial charge in [0.05, 0.1) is 24.4 Å². The molecule has 2 N–H and O–H groups in total. The Labute approximate surface area is 141 Å². The topological polar surface area (TPSA) is 88.2 Å². The van der Waals surface area contributed by atoms with Gasteiger partial charge in [0.15, 0.2) is 0 Å². The second-order valence-corrected chi connectivity index (χ2v) is 6.33. The summed E-state index contributed by atoms with van der Waals surface area (Å²) in [6.07, 6.45) is 8.20. The molecule has 1 aliphatic rings. The van der Waals surface area contributed by atoms with Gasteiger partial charge in [0, 0.05) is 51.3 Å².